The highest BCUT2D eigenvalue weighted by atomic mass is 32.2. The van der Waals surface area contributed by atoms with Crippen LogP contribution in [0.3, 0.4) is 0 Å². The quantitative estimate of drug-likeness (QED) is 0.324. The van der Waals surface area contributed by atoms with E-state index in [1.165, 1.54) is 19.2 Å². The van der Waals surface area contributed by atoms with Crippen LogP contribution < -0.4 is 19.5 Å². The summed E-state index contributed by atoms with van der Waals surface area (Å²) in [7, 11) is -5.99. The van der Waals surface area contributed by atoms with Crippen LogP contribution in [0, 0.1) is 10.1 Å². The molecule has 0 unspecified atom stereocenters. The molecule has 0 bridgehead atoms. The largest absolute Gasteiger partial charge is 0.495 e. The first-order valence-corrected chi connectivity index (χ1v) is 13.5. The van der Waals surface area contributed by atoms with Crippen LogP contribution in [0.15, 0.2) is 83.8 Å². The van der Waals surface area contributed by atoms with Gasteiger partial charge in [0.1, 0.15) is 10.6 Å². The Bertz CT molecular complexity index is 1170. The average molecular weight is 471 g/mol. The van der Waals surface area contributed by atoms with Crippen molar-refractivity contribution in [2.45, 2.75) is 30.7 Å². The van der Waals surface area contributed by atoms with Gasteiger partial charge in [-0.25, -0.2) is 12.8 Å². The van der Waals surface area contributed by atoms with Gasteiger partial charge in [0.2, 0.25) is 18.3 Å². The number of nitro groups is 1. The molecule has 168 valence electrons. The highest BCUT2D eigenvalue weighted by Gasteiger charge is 2.51. The van der Waals surface area contributed by atoms with Gasteiger partial charge >= 0.3 is 0 Å². The molecule has 9 heteroatoms. The Hall–Kier alpha value is -3.01. The third-order valence-electron chi connectivity index (χ3n) is 5.47. The zero-order valence-corrected chi connectivity index (χ0v) is 20.2. The van der Waals surface area contributed by atoms with Gasteiger partial charge in [-0.15, -0.1) is 0 Å². The molecule has 0 aliphatic heterocycles. The number of methoxy groups -OCH3 is 1. The first-order chi connectivity index (χ1) is 15.0. The van der Waals surface area contributed by atoms with Gasteiger partial charge in [0.05, 0.1) is 18.1 Å². The van der Waals surface area contributed by atoms with Gasteiger partial charge in [-0.3, -0.25) is 10.1 Å². The zero-order chi connectivity index (χ0) is 23.6. The fourth-order valence-corrected chi connectivity index (χ4v) is 12.3. The normalized spacial score (nSPS) is 12.4. The van der Waals surface area contributed by atoms with E-state index in [0.29, 0.717) is 0 Å². The summed E-state index contributed by atoms with van der Waals surface area (Å²) in [5, 5.41) is 12.5. The Labute approximate surface area is 189 Å². The minimum absolute atomic E-state index is 0.0790. The number of non-ortho nitro benzene ring substituents is 1. The maximum absolute atomic E-state index is 13.8. The van der Waals surface area contributed by atoms with E-state index in [2.05, 4.69) is 4.39 Å². The van der Waals surface area contributed by atoms with Gasteiger partial charge in [-0.05, 0) is 21.5 Å². The van der Waals surface area contributed by atoms with Gasteiger partial charge in [0, 0.05) is 6.07 Å². The molecule has 0 heterocycles. The third kappa shape index (κ3) is 4.32. The van der Waals surface area contributed by atoms with E-state index in [1.54, 1.807) is 0 Å². The van der Waals surface area contributed by atoms with E-state index in [9.17, 15) is 18.5 Å². The van der Waals surface area contributed by atoms with Crippen LogP contribution in [0.25, 0.3) is 0 Å². The van der Waals surface area contributed by atoms with Crippen molar-refractivity contribution in [3.05, 3.63) is 89.0 Å². The van der Waals surface area contributed by atoms with Crippen molar-refractivity contribution in [2.75, 3.05) is 7.11 Å². The molecule has 0 amide bonds. The van der Waals surface area contributed by atoms with Gasteiger partial charge in [-0.1, -0.05) is 81.4 Å². The molecule has 3 aromatic carbocycles. The van der Waals surface area contributed by atoms with Crippen molar-refractivity contribution in [1.82, 2.24) is 4.39 Å². The number of hydrogen-bond donors (Lipinski definition) is 1. The van der Waals surface area contributed by atoms with Crippen LogP contribution in [0.4, 0.5) is 5.69 Å². The Morgan fingerprint density at radius 2 is 1.41 bits per heavy atom. The summed E-state index contributed by atoms with van der Waals surface area (Å²) in [6, 6.07) is 22.7. The number of ether oxygens (including phenoxy) is 1. The molecule has 0 saturated heterocycles. The molecule has 0 saturated carbocycles. The van der Waals surface area contributed by atoms with Crippen LogP contribution in [0.1, 0.15) is 20.8 Å². The lowest BCUT2D eigenvalue weighted by Gasteiger charge is -2.43. The summed E-state index contributed by atoms with van der Waals surface area (Å²) in [6.45, 7) is 6.07. The maximum atomic E-state index is 13.8. The SMILES string of the molecule is COc1cc([N+](=O)[O-])ccc1S(=O)(=O)N[Si](c1ccccc1)(c1ccccc1)C(C)(C)C. The fourth-order valence-electron chi connectivity index (χ4n) is 3.93. The molecule has 7 nitrogen and oxygen atoms in total. The molecule has 3 aromatic rings. The number of nitro benzene ring substituents is 1. The Kier molecular flexibility index (Phi) is 6.54. The van der Waals surface area contributed by atoms with Crippen molar-refractivity contribution >= 4 is 34.3 Å². The summed E-state index contributed by atoms with van der Waals surface area (Å²) < 4.78 is 35.9. The Balaban J connectivity index is 2.27. The highest BCUT2D eigenvalue weighted by Crippen LogP contribution is 2.36. The smallest absolute Gasteiger partial charge is 0.273 e. The standard InChI is InChI=1S/C23H26N2O5SSi/c1-23(2,3)32(19-11-7-5-8-12-19,20-13-9-6-10-14-20)24-31(28,29)22-16-15-18(25(26)27)17-21(22)30-4/h5-17,24H,1-4H3. The summed E-state index contributed by atoms with van der Waals surface area (Å²) in [4.78, 5) is 10.4. The molecule has 0 radical (unpaired) electrons. The molecule has 0 aliphatic rings. The van der Waals surface area contributed by atoms with Gasteiger partial charge < -0.3 is 4.74 Å². The van der Waals surface area contributed by atoms with Gasteiger partial charge in [0.15, 0.2) is 0 Å². The van der Waals surface area contributed by atoms with E-state index in [0.717, 1.165) is 16.4 Å². The second kappa shape index (κ2) is 8.85. The minimum Gasteiger partial charge on any atom is -0.495 e. The van der Waals surface area contributed by atoms with Crippen molar-refractivity contribution in [2.24, 2.45) is 0 Å². The predicted octanol–water partition coefficient (Wildman–Crippen LogP) is 3.44. The molecule has 0 atom stereocenters. The molecule has 0 aromatic heterocycles. The van der Waals surface area contributed by atoms with Crippen LogP contribution in [0.2, 0.25) is 5.04 Å². The van der Waals surface area contributed by atoms with Crippen LogP contribution in [-0.4, -0.2) is 28.7 Å². The van der Waals surface area contributed by atoms with E-state index >= 15 is 0 Å². The van der Waals surface area contributed by atoms with E-state index < -0.39 is 28.2 Å². The van der Waals surface area contributed by atoms with E-state index in [1.807, 2.05) is 81.4 Å². The highest BCUT2D eigenvalue weighted by molar-refractivity contribution is 7.91. The molecule has 3 rings (SSSR count). The number of benzene rings is 3. The maximum Gasteiger partial charge on any atom is 0.273 e. The minimum atomic E-state index is -4.12. The molecule has 0 spiro atoms. The van der Waals surface area contributed by atoms with Crippen molar-refractivity contribution in [3.63, 3.8) is 0 Å². The summed E-state index contributed by atoms with van der Waals surface area (Å²) >= 11 is 0. The second-order valence-corrected chi connectivity index (χ2v) is 14.8. The lowest BCUT2D eigenvalue weighted by atomic mass is 10.2. The molecule has 32 heavy (non-hydrogen) atoms. The molecule has 0 fully saturated rings. The number of sulfonamides is 1. The second-order valence-electron chi connectivity index (χ2n) is 8.43. The average Bonchev–Trinajstić information content (AvgIpc) is 2.77. The van der Waals surface area contributed by atoms with Crippen LogP contribution in [0.5, 0.6) is 5.75 Å². The summed E-state index contributed by atoms with van der Waals surface area (Å²) in [5.41, 5.74) is -0.244. The summed E-state index contributed by atoms with van der Waals surface area (Å²) in [6.07, 6.45) is 0. The lowest BCUT2D eigenvalue weighted by molar-refractivity contribution is -0.385. The lowest BCUT2D eigenvalue weighted by Crippen LogP contribution is -2.74. The van der Waals surface area contributed by atoms with Gasteiger partial charge in [0.25, 0.3) is 5.69 Å². The number of rotatable bonds is 7. The van der Waals surface area contributed by atoms with Crippen molar-refractivity contribution in [1.29, 1.82) is 0 Å². The number of nitrogens with one attached hydrogen (secondary N) is 1. The fraction of sp³-hybridized carbons (Fsp3) is 0.217. The van der Waals surface area contributed by atoms with Gasteiger partial charge in [-0.2, -0.15) is 0 Å². The van der Waals surface area contributed by atoms with Crippen molar-refractivity contribution < 1.29 is 18.1 Å². The zero-order valence-electron chi connectivity index (χ0n) is 18.4. The van der Waals surface area contributed by atoms with Crippen LogP contribution in [-0.2, 0) is 10.0 Å². The van der Waals surface area contributed by atoms with Crippen molar-refractivity contribution in [3.8, 4) is 5.75 Å². The first kappa shape index (κ1) is 23.6. The number of nitrogens with zero attached hydrogens (tertiary/aromatic N) is 1. The Morgan fingerprint density at radius 3 is 1.81 bits per heavy atom. The Morgan fingerprint density at radius 1 is 0.906 bits per heavy atom. The predicted molar refractivity (Wildman–Crippen MR) is 128 cm³/mol. The van der Waals surface area contributed by atoms with E-state index in [4.69, 9.17) is 4.74 Å². The van der Waals surface area contributed by atoms with E-state index in [-0.39, 0.29) is 16.3 Å². The van der Waals surface area contributed by atoms with Crippen LogP contribution >= 0.6 is 0 Å². The molecular weight excluding hydrogens is 444 g/mol. The third-order valence-corrected chi connectivity index (χ3v) is 13.3. The molecular formula is C23H26N2O5SSi. The monoisotopic (exact) mass is 470 g/mol. The first-order valence-electron chi connectivity index (χ1n) is 10.0. The number of hydrogen-bond acceptors (Lipinski definition) is 5. The topological polar surface area (TPSA) is 98.5 Å². The molecule has 1 N–H and O–H groups in total. The summed E-state index contributed by atoms with van der Waals surface area (Å²) in [5.74, 6) is -0.0790. The molecule has 0 aliphatic carbocycles.